The number of hydrogen-bond acceptors (Lipinski definition) is 3. The molecule has 0 aromatic rings. The Bertz CT molecular complexity index is 413. The van der Waals surface area contributed by atoms with Crippen molar-refractivity contribution >= 4 is 5.91 Å². The fourth-order valence-electron chi connectivity index (χ4n) is 3.71. The van der Waals surface area contributed by atoms with Crippen molar-refractivity contribution in [2.24, 2.45) is 17.1 Å². The molecular weight excluding hydrogens is 240 g/mol. The fraction of sp³-hybridized carbons (Fsp3) is 0.800. The van der Waals surface area contributed by atoms with Crippen molar-refractivity contribution < 1.29 is 9.53 Å². The molecule has 19 heavy (non-hydrogen) atoms. The van der Waals surface area contributed by atoms with E-state index in [0.717, 1.165) is 19.4 Å². The fourth-order valence-corrected chi connectivity index (χ4v) is 3.71. The molecule has 1 saturated heterocycles. The molecule has 3 unspecified atom stereocenters. The Morgan fingerprint density at radius 1 is 1.58 bits per heavy atom. The number of carbonyl (C=O) groups is 1. The number of likely N-dealkylation sites (N-methyl/N-ethyl adjacent to an activating group) is 1. The van der Waals surface area contributed by atoms with Crippen LogP contribution in [0, 0.1) is 23.7 Å². The molecule has 1 amide bonds. The summed E-state index contributed by atoms with van der Waals surface area (Å²) in [5.74, 6) is 2.64. The zero-order valence-corrected chi connectivity index (χ0v) is 12.1. The molecule has 0 aromatic heterocycles. The minimum atomic E-state index is -0.842. The maximum Gasteiger partial charge on any atom is 0.244 e. The molecule has 0 radical (unpaired) electrons. The molecule has 3 atom stereocenters. The van der Waals surface area contributed by atoms with Gasteiger partial charge in [-0.1, -0.05) is 19.8 Å². The number of ether oxygens (including phenoxy) is 1. The Balaban J connectivity index is 2.26. The van der Waals surface area contributed by atoms with Gasteiger partial charge in [-0.15, -0.1) is 6.42 Å². The number of rotatable bonds is 3. The van der Waals surface area contributed by atoms with Crippen molar-refractivity contribution in [3.63, 3.8) is 0 Å². The number of amides is 1. The maximum atomic E-state index is 12.8. The Hall–Kier alpha value is -1.05. The Morgan fingerprint density at radius 3 is 2.84 bits per heavy atom. The first-order valence-corrected chi connectivity index (χ1v) is 7.04. The molecule has 2 fully saturated rings. The lowest BCUT2D eigenvalue weighted by Gasteiger charge is -2.65. The molecule has 106 valence electrons. The topological polar surface area (TPSA) is 55.6 Å². The first kappa shape index (κ1) is 14.4. The lowest BCUT2D eigenvalue weighted by molar-refractivity contribution is -0.229. The molecule has 1 saturated carbocycles. The maximum absolute atomic E-state index is 12.8. The predicted octanol–water partition coefficient (Wildman–Crippen LogP) is 1.00. The molecule has 0 aromatic carbocycles. The number of hydrogen-bond donors (Lipinski definition) is 1. The zero-order valence-electron chi connectivity index (χ0n) is 12.1. The predicted molar refractivity (Wildman–Crippen MR) is 74.3 cm³/mol. The molecule has 0 bridgehead atoms. The molecule has 1 aliphatic carbocycles. The number of nitrogens with zero attached hydrogens (tertiary/aromatic N) is 1. The van der Waals surface area contributed by atoms with E-state index >= 15 is 0 Å². The van der Waals surface area contributed by atoms with Crippen LogP contribution in [-0.4, -0.2) is 42.1 Å². The highest BCUT2D eigenvalue weighted by Gasteiger charge is 2.70. The van der Waals surface area contributed by atoms with Crippen LogP contribution in [0.3, 0.4) is 0 Å². The SMILES string of the molecule is C#CCN(CC)C(=O)C1(N)C2CCCOC2C1(C)C. The van der Waals surface area contributed by atoms with Crippen LogP contribution >= 0.6 is 0 Å². The van der Waals surface area contributed by atoms with Gasteiger partial charge in [0.15, 0.2) is 0 Å². The summed E-state index contributed by atoms with van der Waals surface area (Å²) >= 11 is 0. The van der Waals surface area contributed by atoms with E-state index in [1.165, 1.54) is 0 Å². The number of carbonyl (C=O) groups excluding carboxylic acids is 1. The Labute approximate surface area is 115 Å². The van der Waals surface area contributed by atoms with Crippen LogP contribution < -0.4 is 5.73 Å². The number of fused-ring (bicyclic) bond motifs is 1. The summed E-state index contributed by atoms with van der Waals surface area (Å²) < 4.78 is 5.82. The summed E-state index contributed by atoms with van der Waals surface area (Å²) in [4.78, 5) is 14.5. The van der Waals surface area contributed by atoms with E-state index < -0.39 is 5.54 Å². The van der Waals surface area contributed by atoms with Crippen molar-refractivity contribution in [1.82, 2.24) is 4.90 Å². The van der Waals surface area contributed by atoms with Crippen LogP contribution in [0.1, 0.15) is 33.6 Å². The van der Waals surface area contributed by atoms with Gasteiger partial charge in [0.1, 0.15) is 5.54 Å². The van der Waals surface area contributed by atoms with Crippen molar-refractivity contribution in [2.45, 2.75) is 45.3 Å². The quantitative estimate of drug-likeness (QED) is 0.774. The standard InChI is InChI=1S/C15H24N2O2/c1-5-9-17(6-2)13(18)15(16)11-8-7-10-19-12(11)14(15,3)4/h1,11-12H,6-10,16H2,2-4H3. The van der Waals surface area contributed by atoms with Gasteiger partial charge >= 0.3 is 0 Å². The van der Waals surface area contributed by atoms with Gasteiger partial charge in [-0.25, -0.2) is 0 Å². The van der Waals surface area contributed by atoms with Crippen molar-refractivity contribution in [3.8, 4) is 12.3 Å². The summed E-state index contributed by atoms with van der Waals surface area (Å²) in [5, 5.41) is 0. The molecule has 4 nitrogen and oxygen atoms in total. The van der Waals surface area contributed by atoms with Gasteiger partial charge in [0, 0.05) is 24.5 Å². The van der Waals surface area contributed by atoms with E-state index in [9.17, 15) is 4.79 Å². The van der Waals surface area contributed by atoms with Crippen LogP contribution in [0.4, 0.5) is 0 Å². The molecule has 2 aliphatic rings. The second kappa shape index (κ2) is 4.81. The monoisotopic (exact) mass is 264 g/mol. The lowest BCUT2D eigenvalue weighted by atomic mass is 9.46. The Morgan fingerprint density at radius 2 is 2.26 bits per heavy atom. The molecule has 2 rings (SSSR count). The molecule has 2 N–H and O–H groups in total. The highest BCUT2D eigenvalue weighted by molar-refractivity contribution is 5.89. The van der Waals surface area contributed by atoms with Crippen LogP contribution in [0.25, 0.3) is 0 Å². The third-order valence-electron chi connectivity index (χ3n) is 4.99. The van der Waals surface area contributed by atoms with Crippen molar-refractivity contribution in [3.05, 3.63) is 0 Å². The summed E-state index contributed by atoms with van der Waals surface area (Å²) in [6, 6.07) is 0. The van der Waals surface area contributed by atoms with E-state index in [0.29, 0.717) is 13.1 Å². The third-order valence-corrected chi connectivity index (χ3v) is 4.99. The third kappa shape index (κ3) is 1.79. The highest BCUT2D eigenvalue weighted by atomic mass is 16.5. The first-order valence-electron chi connectivity index (χ1n) is 7.04. The lowest BCUT2D eigenvalue weighted by Crippen LogP contribution is -2.82. The van der Waals surface area contributed by atoms with E-state index in [4.69, 9.17) is 16.9 Å². The van der Waals surface area contributed by atoms with E-state index in [-0.39, 0.29) is 23.3 Å². The summed E-state index contributed by atoms with van der Waals surface area (Å²) in [6.45, 7) is 7.68. The zero-order chi connectivity index (χ0) is 14.3. The minimum absolute atomic E-state index is 0.0234. The van der Waals surface area contributed by atoms with Gasteiger partial charge in [-0.05, 0) is 19.8 Å². The van der Waals surface area contributed by atoms with Gasteiger partial charge < -0.3 is 15.4 Å². The number of terminal acetylenes is 1. The molecule has 4 heteroatoms. The van der Waals surface area contributed by atoms with Gasteiger partial charge in [0.25, 0.3) is 0 Å². The summed E-state index contributed by atoms with van der Waals surface area (Å²) in [5.41, 5.74) is 5.37. The normalized spacial score (nSPS) is 35.7. The average Bonchev–Trinajstić information content (AvgIpc) is 2.43. The number of nitrogens with two attached hydrogens (primary N) is 1. The van der Waals surface area contributed by atoms with Gasteiger partial charge in [-0.2, -0.15) is 0 Å². The van der Waals surface area contributed by atoms with Crippen molar-refractivity contribution in [2.75, 3.05) is 19.7 Å². The second-order valence-electron chi connectivity index (χ2n) is 6.15. The molecule has 1 heterocycles. The average molecular weight is 264 g/mol. The van der Waals surface area contributed by atoms with Crippen LogP contribution in [0.2, 0.25) is 0 Å². The smallest absolute Gasteiger partial charge is 0.244 e. The van der Waals surface area contributed by atoms with Crippen LogP contribution in [0.5, 0.6) is 0 Å². The van der Waals surface area contributed by atoms with E-state index in [2.05, 4.69) is 5.92 Å². The summed E-state index contributed by atoms with van der Waals surface area (Å²) in [6.07, 6.45) is 7.37. The Kier molecular flexibility index (Phi) is 3.63. The van der Waals surface area contributed by atoms with Crippen molar-refractivity contribution in [1.29, 1.82) is 0 Å². The largest absolute Gasteiger partial charge is 0.377 e. The van der Waals surface area contributed by atoms with E-state index in [1.807, 2.05) is 20.8 Å². The van der Waals surface area contributed by atoms with E-state index in [1.54, 1.807) is 4.90 Å². The van der Waals surface area contributed by atoms with Gasteiger partial charge in [0.05, 0.1) is 12.6 Å². The second-order valence-corrected chi connectivity index (χ2v) is 6.15. The van der Waals surface area contributed by atoms with Crippen LogP contribution in [-0.2, 0) is 9.53 Å². The van der Waals surface area contributed by atoms with Crippen LogP contribution in [0.15, 0.2) is 0 Å². The summed E-state index contributed by atoms with van der Waals surface area (Å²) in [7, 11) is 0. The van der Waals surface area contributed by atoms with Gasteiger partial charge in [-0.3, -0.25) is 4.79 Å². The minimum Gasteiger partial charge on any atom is -0.377 e. The molecular formula is C15H24N2O2. The first-order chi connectivity index (χ1) is 8.91. The molecule has 1 aliphatic heterocycles. The highest BCUT2D eigenvalue weighted by Crippen LogP contribution is 2.57. The molecule has 0 spiro atoms. The van der Waals surface area contributed by atoms with Gasteiger partial charge in [0.2, 0.25) is 5.91 Å².